The molecular formula is C26H32BrFN2O5Si. The van der Waals surface area contributed by atoms with Crippen LogP contribution >= 0.6 is 15.9 Å². The molecule has 4 rings (SSSR count). The molecule has 2 aliphatic heterocycles. The van der Waals surface area contributed by atoms with Gasteiger partial charge in [-0.15, -0.1) is 0 Å². The van der Waals surface area contributed by atoms with Crippen LogP contribution in [-0.2, 0) is 26.5 Å². The molecular weight excluding hydrogens is 547 g/mol. The van der Waals surface area contributed by atoms with Crippen molar-refractivity contribution < 1.29 is 28.6 Å². The predicted octanol–water partition coefficient (Wildman–Crippen LogP) is 4.47. The SMILES string of the molecule is C[C@H](O)C(=O)Nc1ccc(CN2C(=O)[C@@]3(O[C@@H](CCO)[C@H]([Si](C)(C)F)[C@H]3C)c3cc(Br)ccc32)cc1. The van der Waals surface area contributed by atoms with Crippen molar-refractivity contribution in [2.75, 3.05) is 16.8 Å². The molecule has 2 heterocycles. The fourth-order valence-corrected chi connectivity index (χ4v) is 8.60. The first kappa shape index (κ1) is 26.9. The number of nitrogens with zero attached hydrogens (tertiary/aromatic N) is 1. The first-order valence-electron chi connectivity index (χ1n) is 12.1. The smallest absolute Gasteiger partial charge is 0.264 e. The van der Waals surface area contributed by atoms with Gasteiger partial charge in [0.1, 0.15) is 6.10 Å². The molecule has 36 heavy (non-hydrogen) atoms. The van der Waals surface area contributed by atoms with Gasteiger partial charge in [0.2, 0.25) is 8.41 Å². The maximum Gasteiger partial charge on any atom is 0.264 e. The van der Waals surface area contributed by atoms with Gasteiger partial charge in [-0.2, -0.15) is 0 Å². The highest BCUT2D eigenvalue weighted by Gasteiger charge is 2.66. The van der Waals surface area contributed by atoms with Crippen LogP contribution < -0.4 is 10.2 Å². The molecule has 0 aromatic heterocycles. The number of carbonyl (C=O) groups is 2. The molecule has 2 aromatic carbocycles. The zero-order valence-corrected chi connectivity index (χ0v) is 23.4. The molecule has 1 saturated heterocycles. The Hall–Kier alpha value is -2.11. The highest BCUT2D eigenvalue weighted by molar-refractivity contribution is 9.10. The molecule has 2 amide bonds. The summed E-state index contributed by atoms with van der Waals surface area (Å²) in [4.78, 5) is 27.6. The first-order chi connectivity index (χ1) is 16.9. The van der Waals surface area contributed by atoms with Crippen LogP contribution in [0.25, 0.3) is 0 Å². The van der Waals surface area contributed by atoms with E-state index in [9.17, 15) is 19.8 Å². The van der Waals surface area contributed by atoms with E-state index in [1.165, 1.54) is 6.92 Å². The Morgan fingerprint density at radius 2 is 1.94 bits per heavy atom. The van der Waals surface area contributed by atoms with Gasteiger partial charge in [-0.05, 0) is 62.3 Å². The second-order valence-corrected chi connectivity index (χ2v) is 14.9. The summed E-state index contributed by atoms with van der Waals surface area (Å²) in [5.74, 6) is -1.15. The van der Waals surface area contributed by atoms with Crippen LogP contribution in [0.4, 0.5) is 15.5 Å². The Kier molecular flexibility index (Phi) is 7.47. The van der Waals surface area contributed by atoms with Crippen LogP contribution in [0, 0.1) is 5.92 Å². The van der Waals surface area contributed by atoms with Gasteiger partial charge in [0.15, 0.2) is 5.60 Å². The Labute approximate surface area is 220 Å². The lowest BCUT2D eigenvalue weighted by atomic mass is 9.82. The number of aliphatic hydroxyl groups is 2. The van der Waals surface area contributed by atoms with Crippen molar-refractivity contribution in [3.63, 3.8) is 0 Å². The van der Waals surface area contributed by atoms with E-state index in [4.69, 9.17) is 4.74 Å². The topological polar surface area (TPSA) is 99.1 Å². The molecule has 3 N–H and O–H groups in total. The average Bonchev–Trinajstić information content (AvgIpc) is 3.22. The van der Waals surface area contributed by atoms with Crippen LogP contribution in [0.2, 0.25) is 18.6 Å². The molecule has 0 saturated carbocycles. The lowest BCUT2D eigenvalue weighted by molar-refractivity contribution is -0.146. The normalized spacial score (nSPS) is 26.4. The fourth-order valence-electron chi connectivity index (χ4n) is 5.70. The van der Waals surface area contributed by atoms with E-state index in [1.807, 2.05) is 37.3 Å². The standard InChI is InChI=1S/C26H32BrFN2O5Si/c1-15-23(36(3,4)28)22(11-12-31)35-26(15)20-13-18(27)7-10-21(20)30(25(26)34)14-17-5-8-19(9-6-17)29-24(33)16(2)32/h5-10,13,15-16,22-23,31-32H,11-12,14H2,1-4H3,(H,29,33)/t15-,16+,22+,23-,26+/m1/s1. The number of hydrogen-bond acceptors (Lipinski definition) is 5. The third-order valence-electron chi connectivity index (χ3n) is 7.28. The van der Waals surface area contributed by atoms with Gasteiger partial charge in [-0.1, -0.05) is 35.0 Å². The van der Waals surface area contributed by atoms with E-state index in [0.29, 0.717) is 16.9 Å². The summed E-state index contributed by atoms with van der Waals surface area (Å²) in [5.41, 5.74) is 1.01. The minimum Gasteiger partial charge on any atom is -0.396 e. The van der Waals surface area contributed by atoms with E-state index >= 15 is 4.11 Å². The van der Waals surface area contributed by atoms with Crippen molar-refractivity contribution in [2.24, 2.45) is 5.92 Å². The average molecular weight is 580 g/mol. The van der Waals surface area contributed by atoms with E-state index in [1.54, 1.807) is 30.1 Å². The Balaban J connectivity index is 1.69. The van der Waals surface area contributed by atoms with E-state index in [-0.39, 0.29) is 25.5 Å². The van der Waals surface area contributed by atoms with Gasteiger partial charge >= 0.3 is 0 Å². The third-order valence-corrected chi connectivity index (χ3v) is 10.2. The molecule has 1 fully saturated rings. The lowest BCUT2D eigenvalue weighted by Crippen LogP contribution is -2.45. The molecule has 5 atom stereocenters. The number of benzene rings is 2. The van der Waals surface area contributed by atoms with Gasteiger partial charge < -0.3 is 29.3 Å². The second kappa shape index (κ2) is 9.98. The molecule has 0 aliphatic carbocycles. The molecule has 0 unspecified atom stereocenters. The quantitative estimate of drug-likeness (QED) is 0.332. The molecule has 10 heteroatoms. The molecule has 194 valence electrons. The van der Waals surface area contributed by atoms with Crippen LogP contribution in [0.3, 0.4) is 0 Å². The van der Waals surface area contributed by atoms with Gasteiger partial charge in [0, 0.05) is 33.8 Å². The van der Waals surface area contributed by atoms with Crippen LogP contribution in [-0.4, -0.2) is 49.2 Å². The molecule has 0 radical (unpaired) electrons. The number of carbonyl (C=O) groups excluding carboxylic acids is 2. The first-order valence-corrected chi connectivity index (χ1v) is 15.8. The molecule has 1 spiro atoms. The van der Waals surface area contributed by atoms with Gasteiger partial charge in [-0.25, -0.2) is 0 Å². The number of rotatable bonds is 7. The summed E-state index contributed by atoms with van der Waals surface area (Å²) in [7, 11) is -3.24. The van der Waals surface area contributed by atoms with Gasteiger partial charge in [-0.3, -0.25) is 9.59 Å². The number of aliphatic hydroxyl groups excluding tert-OH is 2. The third kappa shape index (κ3) is 4.65. The number of hydrogen-bond donors (Lipinski definition) is 3. The summed E-state index contributed by atoms with van der Waals surface area (Å²) < 4.78 is 22.9. The van der Waals surface area contributed by atoms with Crippen molar-refractivity contribution in [1.82, 2.24) is 0 Å². The summed E-state index contributed by atoms with van der Waals surface area (Å²) in [6.45, 7) is 6.68. The minimum absolute atomic E-state index is 0.143. The maximum absolute atomic E-state index is 15.6. The van der Waals surface area contributed by atoms with Crippen LogP contribution in [0.5, 0.6) is 0 Å². The Bertz CT molecular complexity index is 1160. The Morgan fingerprint density at radius 1 is 1.28 bits per heavy atom. The Morgan fingerprint density at radius 3 is 2.53 bits per heavy atom. The zero-order chi connectivity index (χ0) is 26.4. The van der Waals surface area contributed by atoms with Crippen molar-refractivity contribution >= 4 is 47.5 Å². The number of halogens is 2. The maximum atomic E-state index is 15.6. The van der Waals surface area contributed by atoms with Crippen LogP contribution in [0.15, 0.2) is 46.9 Å². The number of anilines is 2. The second-order valence-electron chi connectivity index (χ2n) is 10.2. The summed E-state index contributed by atoms with van der Waals surface area (Å²) in [5, 5.41) is 21.7. The summed E-state index contributed by atoms with van der Waals surface area (Å²) in [6, 6.07) is 12.7. The van der Waals surface area contributed by atoms with Gasteiger partial charge in [0.05, 0.1) is 18.3 Å². The van der Waals surface area contributed by atoms with E-state index < -0.39 is 43.6 Å². The van der Waals surface area contributed by atoms with Crippen LogP contribution in [0.1, 0.15) is 31.4 Å². The minimum atomic E-state index is -3.24. The van der Waals surface area contributed by atoms with Crippen molar-refractivity contribution in [1.29, 1.82) is 0 Å². The molecule has 0 bridgehead atoms. The van der Waals surface area contributed by atoms with E-state index in [2.05, 4.69) is 21.2 Å². The fraction of sp³-hybridized carbons (Fsp3) is 0.462. The molecule has 2 aromatic rings. The lowest BCUT2D eigenvalue weighted by Gasteiger charge is -2.31. The van der Waals surface area contributed by atoms with Crippen molar-refractivity contribution in [3.8, 4) is 0 Å². The predicted molar refractivity (Wildman–Crippen MR) is 142 cm³/mol. The monoisotopic (exact) mass is 578 g/mol. The number of nitrogens with one attached hydrogen (secondary N) is 1. The number of amides is 2. The molecule has 2 aliphatic rings. The number of ether oxygens (including phenoxy) is 1. The van der Waals surface area contributed by atoms with Gasteiger partial charge in [0.25, 0.3) is 11.8 Å². The number of fused-ring (bicyclic) bond motifs is 2. The summed E-state index contributed by atoms with van der Waals surface area (Å²) >= 11 is 3.52. The highest BCUT2D eigenvalue weighted by Crippen LogP contribution is 2.60. The summed E-state index contributed by atoms with van der Waals surface area (Å²) in [6.07, 6.45) is -1.40. The largest absolute Gasteiger partial charge is 0.396 e. The highest BCUT2D eigenvalue weighted by atomic mass is 79.9. The van der Waals surface area contributed by atoms with Crippen molar-refractivity contribution in [2.45, 2.75) is 63.3 Å². The van der Waals surface area contributed by atoms with Crippen molar-refractivity contribution in [3.05, 3.63) is 58.1 Å². The zero-order valence-electron chi connectivity index (χ0n) is 20.8. The molecule has 7 nitrogen and oxygen atoms in total. The van der Waals surface area contributed by atoms with E-state index in [0.717, 1.165) is 10.0 Å².